The molecule has 1 N–H and O–H groups in total. The molecule has 0 saturated carbocycles. The van der Waals surface area contributed by atoms with E-state index in [0.717, 1.165) is 13.0 Å². The lowest BCUT2D eigenvalue weighted by molar-refractivity contribution is -0.137. The Bertz CT molecular complexity index is 339. The predicted molar refractivity (Wildman–Crippen MR) is 66.9 cm³/mol. The second-order valence-corrected chi connectivity index (χ2v) is 4.38. The molecule has 0 saturated heterocycles. The van der Waals surface area contributed by atoms with Gasteiger partial charge in [-0.15, -0.1) is 0 Å². The molecule has 0 aliphatic rings. The molecule has 0 aliphatic heterocycles. The zero-order valence-corrected chi connectivity index (χ0v) is 10.5. The van der Waals surface area contributed by atoms with Crippen LogP contribution in [-0.4, -0.2) is 40.1 Å². The summed E-state index contributed by atoms with van der Waals surface area (Å²) in [5.74, 6) is -0.737. The van der Waals surface area contributed by atoms with Gasteiger partial charge < -0.3 is 10.0 Å². The maximum Gasteiger partial charge on any atom is 0.304 e. The van der Waals surface area contributed by atoms with Crippen molar-refractivity contribution in [1.82, 2.24) is 9.88 Å². The van der Waals surface area contributed by atoms with Gasteiger partial charge in [-0.3, -0.25) is 9.78 Å². The van der Waals surface area contributed by atoms with E-state index < -0.39 is 5.97 Å². The number of carboxylic acid groups (broad SMARTS) is 1. The molecule has 0 aliphatic carbocycles. The molecule has 1 heterocycles. The molecule has 0 radical (unpaired) electrons. The van der Waals surface area contributed by atoms with Gasteiger partial charge in [-0.2, -0.15) is 0 Å². The zero-order valence-electron chi connectivity index (χ0n) is 10.5. The van der Waals surface area contributed by atoms with E-state index in [2.05, 4.69) is 23.7 Å². The van der Waals surface area contributed by atoms with Crippen LogP contribution in [0.25, 0.3) is 0 Å². The first kappa shape index (κ1) is 13.6. The SMILES string of the molecule is CC(C)N(CCC(=O)O)CCc1ccncc1. The van der Waals surface area contributed by atoms with E-state index in [1.165, 1.54) is 5.56 Å². The standard InChI is InChI=1S/C13H20N2O2/c1-11(2)15(10-6-13(16)17)9-5-12-3-7-14-8-4-12/h3-4,7-8,11H,5-6,9-10H2,1-2H3,(H,16,17). The van der Waals surface area contributed by atoms with Crippen molar-refractivity contribution >= 4 is 5.97 Å². The Morgan fingerprint density at radius 2 is 2.00 bits per heavy atom. The van der Waals surface area contributed by atoms with Crippen LogP contribution in [0, 0.1) is 0 Å². The quantitative estimate of drug-likeness (QED) is 0.784. The molecular weight excluding hydrogens is 216 g/mol. The number of carbonyl (C=O) groups is 1. The Morgan fingerprint density at radius 1 is 1.35 bits per heavy atom. The van der Waals surface area contributed by atoms with E-state index in [1.807, 2.05) is 12.1 Å². The van der Waals surface area contributed by atoms with E-state index in [4.69, 9.17) is 5.11 Å². The summed E-state index contributed by atoms with van der Waals surface area (Å²) in [4.78, 5) is 16.7. The number of carboxylic acids is 1. The summed E-state index contributed by atoms with van der Waals surface area (Å²) in [5, 5.41) is 8.69. The van der Waals surface area contributed by atoms with E-state index in [0.29, 0.717) is 12.6 Å². The summed E-state index contributed by atoms with van der Waals surface area (Å²) in [7, 11) is 0. The Labute approximate surface area is 102 Å². The number of aliphatic carboxylic acids is 1. The monoisotopic (exact) mass is 236 g/mol. The Balaban J connectivity index is 2.42. The first-order valence-corrected chi connectivity index (χ1v) is 5.94. The molecule has 0 spiro atoms. The minimum Gasteiger partial charge on any atom is -0.481 e. The van der Waals surface area contributed by atoms with Gasteiger partial charge in [0, 0.05) is 31.5 Å². The first-order valence-electron chi connectivity index (χ1n) is 5.94. The van der Waals surface area contributed by atoms with Crippen LogP contribution < -0.4 is 0 Å². The molecule has 0 bridgehead atoms. The number of aromatic nitrogens is 1. The lowest BCUT2D eigenvalue weighted by Gasteiger charge is -2.25. The topological polar surface area (TPSA) is 53.4 Å². The summed E-state index contributed by atoms with van der Waals surface area (Å²) < 4.78 is 0. The smallest absolute Gasteiger partial charge is 0.304 e. The normalized spacial score (nSPS) is 11.1. The van der Waals surface area contributed by atoms with Crippen LogP contribution in [0.2, 0.25) is 0 Å². The highest BCUT2D eigenvalue weighted by Crippen LogP contribution is 2.04. The Kier molecular flexibility index (Phi) is 5.63. The average molecular weight is 236 g/mol. The van der Waals surface area contributed by atoms with Gasteiger partial charge in [0.05, 0.1) is 6.42 Å². The molecule has 0 fully saturated rings. The third kappa shape index (κ3) is 5.45. The number of pyridine rings is 1. The molecule has 17 heavy (non-hydrogen) atoms. The lowest BCUT2D eigenvalue weighted by Crippen LogP contribution is -2.34. The van der Waals surface area contributed by atoms with E-state index >= 15 is 0 Å². The number of nitrogens with zero attached hydrogens (tertiary/aromatic N) is 2. The Morgan fingerprint density at radius 3 is 2.53 bits per heavy atom. The van der Waals surface area contributed by atoms with Gasteiger partial charge in [0.1, 0.15) is 0 Å². The highest BCUT2D eigenvalue weighted by atomic mass is 16.4. The Hall–Kier alpha value is -1.42. The second kappa shape index (κ2) is 7.01. The number of hydrogen-bond donors (Lipinski definition) is 1. The summed E-state index contributed by atoms with van der Waals surface area (Å²) in [6.45, 7) is 5.68. The molecule has 1 aromatic rings. The fourth-order valence-electron chi connectivity index (χ4n) is 1.69. The molecule has 1 rings (SSSR count). The summed E-state index contributed by atoms with van der Waals surface area (Å²) >= 11 is 0. The van der Waals surface area contributed by atoms with Gasteiger partial charge in [-0.25, -0.2) is 0 Å². The van der Waals surface area contributed by atoms with E-state index in [9.17, 15) is 4.79 Å². The van der Waals surface area contributed by atoms with Crippen molar-refractivity contribution in [3.8, 4) is 0 Å². The minimum atomic E-state index is -0.737. The van der Waals surface area contributed by atoms with Gasteiger partial charge in [0.2, 0.25) is 0 Å². The third-order valence-corrected chi connectivity index (χ3v) is 2.78. The fourth-order valence-corrected chi connectivity index (χ4v) is 1.69. The number of hydrogen-bond acceptors (Lipinski definition) is 3. The molecule has 4 heteroatoms. The van der Waals surface area contributed by atoms with E-state index in [-0.39, 0.29) is 6.42 Å². The summed E-state index contributed by atoms with van der Waals surface area (Å²) in [5.41, 5.74) is 1.24. The van der Waals surface area contributed by atoms with Crippen molar-refractivity contribution in [3.63, 3.8) is 0 Å². The number of rotatable bonds is 7. The van der Waals surface area contributed by atoms with Crippen LogP contribution in [0.5, 0.6) is 0 Å². The molecule has 94 valence electrons. The van der Waals surface area contributed by atoms with Gasteiger partial charge in [0.25, 0.3) is 0 Å². The molecule has 0 aromatic carbocycles. The van der Waals surface area contributed by atoms with Crippen LogP contribution in [0.15, 0.2) is 24.5 Å². The minimum absolute atomic E-state index is 0.203. The molecule has 0 unspecified atom stereocenters. The summed E-state index contributed by atoms with van der Waals surface area (Å²) in [6, 6.07) is 4.36. The van der Waals surface area contributed by atoms with Gasteiger partial charge >= 0.3 is 5.97 Å². The third-order valence-electron chi connectivity index (χ3n) is 2.78. The molecular formula is C13H20N2O2. The maximum atomic E-state index is 10.6. The average Bonchev–Trinajstić information content (AvgIpc) is 2.29. The van der Waals surface area contributed by atoms with Crippen molar-refractivity contribution in [2.75, 3.05) is 13.1 Å². The van der Waals surface area contributed by atoms with E-state index in [1.54, 1.807) is 12.4 Å². The van der Waals surface area contributed by atoms with Crippen molar-refractivity contribution in [2.45, 2.75) is 32.7 Å². The lowest BCUT2D eigenvalue weighted by atomic mass is 10.1. The van der Waals surface area contributed by atoms with Crippen molar-refractivity contribution < 1.29 is 9.90 Å². The van der Waals surface area contributed by atoms with Crippen molar-refractivity contribution in [1.29, 1.82) is 0 Å². The molecule has 1 aromatic heterocycles. The van der Waals surface area contributed by atoms with Gasteiger partial charge in [0.15, 0.2) is 0 Å². The summed E-state index contributed by atoms with van der Waals surface area (Å²) in [6.07, 6.45) is 4.70. The van der Waals surface area contributed by atoms with Crippen LogP contribution >= 0.6 is 0 Å². The molecule has 4 nitrogen and oxygen atoms in total. The fraction of sp³-hybridized carbons (Fsp3) is 0.538. The van der Waals surface area contributed by atoms with Crippen LogP contribution in [-0.2, 0) is 11.2 Å². The van der Waals surface area contributed by atoms with Gasteiger partial charge in [-0.1, -0.05) is 0 Å². The highest BCUT2D eigenvalue weighted by Gasteiger charge is 2.10. The van der Waals surface area contributed by atoms with Crippen molar-refractivity contribution in [3.05, 3.63) is 30.1 Å². The first-order chi connectivity index (χ1) is 8.09. The van der Waals surface area contributed by atoms with Crippen LogP contribution in [0.3, 0.4) is 0 Å². The maximum absolute atomic E-state index is 10.6. The van der Waals surface area contributed by atoms with Crippen LogP contribution in [0.1, 0.15) is 25.8 Å². The molecule has 0 atom stereocenters. The van der Waals surface area contributed by atoms with Gasteiger partial charge in [-0.05, 0) is 38.0 Å². The van der Waals surface area contributed by atoms with Crippen LogP contribution in [0.4, 0.5) is 0 Å². The second-order valence-electron chi connectivity index (χ2n) is 4.38. The largest absolute Gasteiger partial charge is 0.481 e. The highest BCUT2D eigenvalue weighted by molar-refractivity contribution is 5.66. The zero-order chi connectivity index (χ0) is 12.7. The predicted octanol–water partition coefficient (Wildman–Crippen LogP) is 1.81. The van der Waals surface area contributed by atoms with Crippen molar-refractivity contribution in [2.24, 2.45) is 0 Å². The molecule has 0 amide bonds.